The molecule has 2 atom stereocenters. The molecule has 0 aliphatic carbocycles. The van der Waals surface area contributed by atoms with Crippen LogP contribution >= 0.6 is 0 Å². The molecule has 3 heteroatoms. The number of rotatable bonds is 3. The molecular formula is C20H30N2O. The predicted molar refractivity (Wildman–Crippen MR) is 94.0 cm³/mol. The third-order valence-corrected chi connectivity index (χ3v) is 5.35. The normalized spacial score (nSPS) is 28.4. The first-order chi connectivity index (χ1) is 10.9. The lowest BCUT2D eigenvalue weighted by Gasteiger charge is -2.49. The molecule has 0 unspecified atom stereocenters. The van der Waals surface area contributed by atoms with Gasteiger partial charge in [-0.15, -0.1) is 0 Å². The number of fused-ring (bicyclic) bond motifs is 2. The summed E-state index contributed by atoms with van der Waals surface area (Å²) in [5, 5.41) is 3.31. The van der Waals surface area contributed by atoms with E-state index in [4.69, 9.17) is 0 Å². The lowest BCUT2D eigenvalue weighted by Crippen LogP contribution is -2.57. The molecular weight excluding hydrogens is 284 g/mol. The number of carbonyl (C=O) groups excluding carboxylic acids is 1. The molecule has 2 bridgehead atoms. The van der Waals surface area contributed by atoms with Gasteiger partial charge in [0, 0.05) is 30.1 Å². The number of benzene rings is 1. The Morgan fingerprint density at radius 2 is 1.74 bits per heavy atom. The zero-order valence-electron chi connectivity index (χ0n) is 14.7. The van der Waals surface area contributed by atoms with Gasteiger partial charge in [0.15, 0.2) is 0 Å². The van der Waals surface area contributed by atoms with Gasteiger partial charge in [-0.25, -0.2) is 0 Å². The summed E-state index contributed by atoms with van der Waals surface area (Å²) in [6.07, 6.45) is 6.08. The van der Waals surface area contributed by atoms with E-state index in [9.17, 15) is 4.79 Å². The Balaban J connectivity index is 1.65. The largest absolute Gasteiger partial charge is 0.353 e. The fraction of sp³-hybridized carbons (Fsp3) is 0.650. The first-order valence-corrected chi connectivity index (χ1v) is 9.04. The van der Waals surface area contributed by atoms with Crippen LogP contribution < -0.4 is 5.32 Å². The van der Waals surface area contributed by atoms with E-state index in [1.54, 1.807) is 0 Å². The van der Waals surface area contributed by atoms with Crippen molar-refractivity contribution in [2.75, 3.05) is 0 Å². The van der Waals surface area contributed by atoms with Gasteiger partial charge in [-0.3, -0.25) is 9.69 Å². The van der Waals surface area contributed by atoms with Gasteiger partial charge < -0.3 is 5.32 Å². The molecule has 1 aromatic rings. The highest BCUT2D eigenvalue weighted by atomic mass is 16.2. The third-order valence-electron chi connectivity index (χ3n) is 5.35. The van der Waals surface area contributed by atoms with Gasteiger partial charge >= 0.3 is 0 Å². The van der Waals surface area contributed by atoms with Crippen LogP contribution in [-0.4, -0.2) is 28.9 Å². The summed E-state index contributed by atoms with van der Waals surface area (Å²) in [5.41, 5.74) is 1.11. The molecule has 0 radical (unpaired) electrons. The van der Waals surface area contributed by atoms with Crippen LogP contribution in [0, 0.1) is 5.41 Å². The topological polar surface area (TPSA) is 32.3 Å². The Labute approximate surface area is 140 Å². The van der Waals surface area contributed by atoms with E-state index in [2.05, 4.69) is 40.5 Å². The summed E-state index contributed by atoms with van der Waals surface area (Å²) in [4.78, 5) is 15.0. The van der Waals surface area contributed by atoms with Gasteiger partial charge in [0.2, 0.25) is 5.91 Å². The second kappa shape index (κ2) is 6.64. The minimum absolute atomic E-state index is 0.192. The Kier molecular flexibility index (Phi) is 4.77. The Hall–Kier alpha value is -1.35. The quantitative estimate of drug-likeness (QED) is 0.922. The summed E-state index contributed by atoms with van der Waals surface area (Å²) < 4.78 is 0. The van der Waals surface area contributed by atoms with E-state index in [1.807, 2.05) is 20.8 Å². The average molecular weight is 314 g/mol. The van der Waals surface area contributed by atoms with Crippen LogP contribution in [-0.2, 0) is 11.3 Å². The van der Waals surface area contributed by atoms with Crippen molar-refractivity contribution in [3.8, 4) is 0 Å². The van der Waals surface area contributed by atoms with Crippen molar-refractivity contribution in [2.24, 2.45) is 5.41 Å². The molecule has 2 aliphatic heterocycles. The molecule has 126 valence electrons. The van der Waals surface area contributed by atoms with E-state index in [-0.39, 0.29) is 11.3 Å². The molecule has 0 aromatic heterocycles. The molecule has 2 heterocycles. The van der Waals surface area contributed by atoms with Gasteiger partial charge in [0.25, 0.3) is 0 Å². The summed E-state index contributed by atoms with van der Waals surface area (Å²) >= 11 is 0. The molecule has 3 rings (SSSR count). The summed E-state index contributed by atoms with van der Waals surface area (Å²) in [6, 6.07) is 12.4. The van der Waals surface area contributed by atoms with Gasteiger partial charge in [-0.1, -0.05) is 57.5 Å². The second-order valence-corrected chi connectivity index (χ2v) is 8.29. The standard InChI is InChI=1S/C20H30N2O/c1-20(2,3)19(23)21-16-12-17-10-7-11-18(13-16)22(17)14-15-8-5-4-6-9-15/h4-6,8-9,16-18H,7,10-14H2,1-3H3,(H,21,23)/t17-,18-/m1/s1. The number of nitrogens with zero attached hydrogens (tertiary/aromatic N) is 1. The average Bonchev–Trinajstić information content (AvgIpc) is 2.48. The molecule has 1 aromatic carbocycles. The third kappa shape index (κ3) is 3.95. The number of hydrogen-bond acceptors (Lipinski definition) is 2. The van der Waals surface area contributed by atoms with Gasteiger partial charge in [0.1, 0.15) is 0 Å². The zero-order valence-corrected chi connectivity index (χ0v) is 14.7. The summed E-state index contributed by atoms with van der Waals surface area (Å²) in [6.45, 7) is 7.03. The van der Waals surface area contributed by atoms with Crippen LogP contribution in [0.3, 0.4) is 0 Å². The fourth-order valence-corrected chi connectivity index (χ4v) is 4.05. The predicted octanol–water partition coefficient (Wildman–Crippen LogP) is 3.73. The van der Waals surface area contributed by atoms with Crippen molar-refractivity contribution in [1.29, 1.82) is 0 Å². The highest BCUT2D eigenvalue weighted by Gasteiger charge is 2.39. The van der Waals surface area contributed by atoms with Crippen LogP contribution in [0.15, 0.2) is 30.3 Å². The maximum absolute atomic E-state index is 12.3. The van der Waals surface area contributed by atoms with E-state index >= 15 is 0 Å². The van der Waals surface area contributed by atoms with Crippen molar-refractivity contribution < 1.29 is 4.79 Å². The first-order valence-electron chi connectivity index (χ1n) is 9.04. The monoisotopic (exact) mass is 314 g/mol. The highest BCUT2D eigenvalue weighted by Crippen LogP contribution is 2.35. The second-order valence-electron chi connectivity index (χ2n) is 8.29. The molecule has 1 N–H and O–H groups in total. The van der Waals surface area contributed by atoms with E-state index in [0.717, 1.165) is 19.4 Å². The Morgan fingerprint density at radius 3 is 2.30 bits per heavy atom. The first kappa shape index (κ1) is 16.5. The molecule has 0 saturated carbocycles. The maximum Gasteiger partial charge on any atom is 0.225 e. The number of piperidine rings is 2. The summed E-state index contributed by atoms with van der Waals surface area (Å²) in [5.74, 6) is 0.192. The molecule has 2 aliphatic rings. The van der Waals surface area contributed by atoms with Gasteiger partial charge in [-0.05, 0) is 31.2 Å². The smallest absolute Gasteiger partial charge is 0.225 e. The van der Waals surface area contributed by atoms with Crippen molar-refractivity contribution in [1.82, 2.24) is 10.2 Å². The Bertz CT molecular complexity index is 520. The molecule has 2 saturated heterocycles. The zero-order chi connectivity index (χ0) is 16.4. The maximum atomic E-state index is 12.3. The van der Waals surface area contributed by atoms with Gasteiger partial charge in [-0.2, -0.15) is 0 Å². The van der Waals surface area contributed by atoms with E-state index in [0.29, 0.717) is 18.1 Å². The molecule has 0 spiro atoms. The van der Waals surface area contributed by atoms with Crippen LogP contribution in [0.2, 0.25) is 0 Å². The van der Waals surface area contributed by atoms with Gasteiger partial charge in [0.05, 0.1) is 0 Å². The van der Waals surface area contributed by atoms with E-state index < -0.39 is 0 Å². The number of amides is 1. The fourth-order valence-electron chi connectivity index (χ4n) is 4.05. The molecule has 2 fully saturated rings. The minimum atomic E-state index is -0.295. The van der Waals surface area contributed by atoms with Crippen molar-refractivity contribution in [2.45, 2.75) is 77.5 Å². The number of hydrogen-bond donors (Lipinski definition) is 1. The van der Waals surface area contributed by atoms with Crippen LogP contribution in [0.25, 0.3) is 0 Å². The molecule has 3 nitrogen and oxygen atoms in total. The Morgan fingerprint density at radius 1 is 1.13 bits per heavy atom. The lowest BCUT2D eigenvalue weighted by atomic mass is 9.81. The van der Waals surface area contributed by atoms with Crippen molar-refractivity contribution >= 4 is 5.91 Å². The van der Waals surface area contributed by atoms with Crippen molar-refractivity contribution in [3.63, 3.8) is 0 Å². The number of carbonyl (C=O) groups is 1. The highest BCUT2D eigenvalue weighted by molar-refractivity contribution is 5.81. The molecule has 1 amide bonds. The SMILES string of the molecule is CC(C)(C)C(=O)NC1C[C@H]2CCC[C@H](C1)N2Cc1ccccc1. The van der Waals surface area contributed by atoms with Crippen LogP contribution in [0.1, 0.15) is 58.4 Å². The lowest BCUT2D eigenvalue weighted by molar-refractivity contribution is -0.130. The summed E-state index contributed by atoms with van der Waals surface area (Å²) in [7, 11) is 0. The van der Waals surface area contributed by atoms with Crippen LogP contribution in [0.5, 0.6) is 0 Å². The van der Waals surface area contributed by atoms with Crippen LogP contribution in [0.4, 0.5) is 0 Å². The molecule has 23 heavy (non-hydrogen) atoms. The van der Waals surface area contributed by atoms with Crippen molar-refractivity contribution in [3.05, 3.63) is 35.9 Å². The van der Waals surface area contributed by atoms with E-state index in [1.165, 1.54) is 24.8 Å². The minimum Gasteiger partial charge on any atom is -0.353 e. The number of nitrogens with one attached hydrogen (secondary N) is 1.